The molecule has 1 fully saturated rings. The Bertz CT molecular complexity index is 922. The van der Waals surface area contributed by atoms with E-state index < -0.39 is 10.0 Å². The van der Waals surface area contributed by atoms with Crippen LogP contribution in [0, 0.1) is 5.92 Å². The van der Waals surface area contributed by atoms with Gasteiger partial charge in [-0.1, -0.05) is 62.7 Å². The molecule has 1 saturated heterocycles. The summed E-state index contributed by atoms with van der Waals surface area (Å²) in [5.41, 5.74) is 1.92. The van der Waals surface area contributed by atoms with Gasteiger partial charge in [0.05, 0.1) is 10.9 Å². The van der Waals surface area contributed by atoms with Gasteiger partial charge in [0.2, 0.25) is 10.0 Å². The van der Waals surface area contributed by atoms with Gasteiger partial charge in [0.25, 0.3) is 0 Å². The lowest BCUT2D eigenvalue weighted by atomic mass is 9.96. The van der Waals surface area contributed by atoms with Gasteiger partial charge in [0, 0.05) is 19.6 Å². The molecule has 2 aromatic carbocycles. The molecule has 2 N–H and O–H groups in total. The molecular formula is C23H31N3O3S. The number of rotatable bonds is 7. The van der Waals surface area contributed by atoms with Crippen LogP contribution in [0.1, 0.15) is 50.3 Å². The quantitative estimate of drug-likeness (QED) is 0.697. The number of piperidine rings is 1. The molecule has 7 heteroatoms. The first-order chi connectivity index (χ1) is 14.4. The Morgan fingerprint density at radius 1 is 0.967 bits per heavy atom. The number of hydrogen-bond acceptors (Lipinski definition) is 3. The highest BCUT2D eigenvalue weighted by Crippen LogP contribution is 2.22. The van der Waals surface area contributed by atoms with Crippen molar-refractivity contribution in [2.45, 2.75) is 50.6 Å². The van der Waals surface area contributed by atoms with Crippen molar-refractivity contribution in [3.8, 4) is 0 Å². The van der Waals surface area contributed by atoms with Crippen LogP contribution < -0.4 is 10.6 Å². The van der Waals surface area contributed by atoms with Crippen LogP contribution in [0.15, 0.2) is 59.5 Å². The Kier molecular flexibility index (Phi) is 7.50. The predicted molar refractivity (Wildman–Crippen MR) is 118 cm³/mol. The van der Waals surface area contributed by atoms with E-state index in [1.807, 2.05) is 30.3 Å². The zero-order chi connectivity index (χ0) is 21.6. The number of urea groups is 1. The molecule has 3 rings (SSSR count). The third-order valence-corrected chi connectivity index (χ3v) is 7.35. The zero-order valence-electron chi connectivity index (χ0n) is 17.7. The lowest BCUT2D eigenvalue weighted by Gasteiger charge is -2.26. The lowest BCUT2D eigenvalue weighted by molar-refractivity contribution is 0.232. The van der Waals surface area contributed by atoms with E-state index in [1.165, 1.54) is 0 Å². The molecule has 0 aromatic heterocycles. The molecule has 2 aromatic rings. The molecule has 30 heavy (non-hydrogen) atoms. The third-order valence-electron chi connectivity index (χ3n) is 5.44. The maximum absolute atomic E-state index is 12.7. The third kappa shape index (κ3) is 5.61. The Labute approximate surface area is 179 Å². The Morgan fingerprint density at radius 3 is 2.20 bits per heavy atom. The molecule has 1 heterocycles. The standard InChI is InChI=1S/C23H31N3O3S/c1-18(2)22(20-9-5-3-6-10-20)25-23(27)24-17-19-11-13-21(14-12-19)30(28,29)26-15-7-4-8-16-26/h3,5-6,9-14,18,22H,4,7-8,15-17H2,1-2H3,(H2,24,25,27). The van der Waals surface area contributed by atoms with E-state index in [9.17, 15) is 13.2 Å². The molecule has 2 amide bonds. The number of hydrogen-bond donors (Lipinski definition) is 2. The topological polar surface area (TPSA) is 78.5 Å². The SMILES string of the molecule is CC(C)C(NC(=O)NCc1ccc(S(=O)(=O)N2CCCCC2)cc1)c1ccccc1. The van der Waals surface area contributed by atoms with Gasteiger partial charge in [-0.15, -0.1) is 0 Å². The Hall–Kier alpha value is -2.38. The van der Waals surface area contributed by atoms with E-state index in [0.29, 0.717) is 24.5 Å². The number of carbonyl (C=O) groups is 1. The van der Waals surface area contributed by atoms with Crippen molar-refractivity contribution >= 4 is 16.1 Å². The number of nitrogens with one attached hydrogen (secondary N) is 2. The average Bonchev–Trinajstić information content (AvgIpc) is 2.77. The predicted octanol–water partition coefficient (Wildman–Crippen LogP) is 4.06. The fourth-order valence-corrected chi connectivity index (χ4v) is 5.22. The maximum Gasteiger partial charge on any atom is 0.315 e. The lowest BCUT2D eigenvalue weighted by Crippen LogP contribution is -2.39. The average molecular weight is 430 g/mol. The highest BCUT2D eigenvalue weighted by Gasteiger charge is 2.25. The maximum atomic E-state index is 12.7. The number of benzene rings is 2. The van der Waals surface area contributed by atoms with E-state index in [2.05, 4.69) is 24.5 Å². The normalized spacial score (nSPS) is 16.2. The van der Waals surface area contributed by atoms with Gasteiger partial charge in [0.15, 0.2) is 0 Å². The van der Waals surface area contributed by atoms with E-state index in [0.717, 1.165) is 30.4 Å². The van der Waals surface area contributed by atoms with Crippen molar-refractivity contribution in [2.75, 3.05) is 13.1 Å². The summed E-state index contributed by atoms with van der Waals surface area (Å²) in [5.74, 6) is 0.248. The minimum Gasteiger partial charge on any atom is -0.334 e. The van der Waals surface area contributed by atoms with Gasteiger partial charge in [-0.2, -0.15) is 4.31 Å². The first kappa shape index (κ1) is 22.3. The van der Waals surface area contributed by atoms with Gasteiger partial charge < -0.3 is 10.6 Å². The summed E-state index contributed by atoms with van der Waals surface area (Å²) in [7, 11) is -3.43. The van der Waals surface area contributed by atoms with Crippen molar-refractivity contribution in [1.82, 2.24) is 14.9 Å². The molecule has 0 spiro atoms. The first-order valence-corrected chi connectivity index (χ1v) is 12.0. The molecule has 0 saturated carbocycles. The summed E-state index contributed by atoms with van der Waals surface area (Å²) in [4.78, 5) is 12.7. The summed E-state index contributed by atoms with van der Waals surface area (Å²) in [6.45, 7) is 5.64. The zero-order valence-corrected chi connectivity index (χ0v) is 18.5. The summed E-state index contributed by atoms with van der Waals surface area (Å²) in [6, 6.07) is 16.3. The smallest absolute Gasteiger partial charge is 0.315 e. The fraction of sp³-hybridized carbons (Fsp3) is 0.435. The van der Waals surface area contributed by atoms with Crippen LogP contribution in [0.2, 0.25) is 0 Å². The largest absolute Gasteiger partial charge is 0.334 e. The molecule has 162 valence electrons. The van der Waals surface area contributed by atoms with Crippen molar-refractivity contribution in [1.29, 1.82) is 0 Å². The molecule has 0 radical (unpaired) electrons. The fourth-order valence-electron chi connectivity index (χ4n) is 3.70. The Morgan fingerprint density at radius 2 is 1.60 bits per heavy atom. The van der Waals surface area contributed by atoms with Crippen molar-refractivity contribution < 1.29 is 13.2 Å². The number of amides is 2. The van der Waals surface area contributed by atoms with E-state index >= 15 is 0 Å². The summed E-state index contributed by atoms with van der Waals surface area (Å²) in [5, 5.41) is 5.89. The number of sulfonamides is 1. The van der Waals surface area contributed by atoms with Crippen LogP contribution in [-0.2, 0) is 16.6 Å². The molecule has 1 aliphatic heterocycles. The van der Waals surface area contributed by atoms with Crippen molar-refractivity contribution in [2.24, 2.45) is 5.92 Å². The molecule has 6 nitrogen and oxygen atoms in total. The van der Waals surface area contributed by atoms with Crippen LogP contribution in [0.25, 0.3) is 0 Å². The second-order valence-electron chi connectivity index (χ2n) is 8.07. The number of nitrogens with zero attached hydrogens (tertiary/aromatic N) is 1. The van der Waals surface area contributed by atoms with Gasteiger partial charge in [-0.25, -0.2) is 13.2 Å². The van der Waals surface area contributed by atoms with Gasteiger partial charge in [0.1, 0.15) is 0 Å². The Balaban J connectivity index is 1.57. The van der Waals surface area contributed by atoms with Crippen LogP contribution in [0.3, 0.4) is 0 Å². The van der Waals surface area contributed by atoms with Crippen molar-refractivity contribution in [3.05, 3.63) is 65.7 Å². The van der Waals surface area contributed by atoms with Crippen LogP contribution >= 0.6 is 0 Å². The van der Waals surface area contributed by atoms with Gasteiger partial charge in [-0.05, 0) is 42.0 Å². The minimum atomic E-state index is -3.43. The first-order valence-electron chi connectivity index (χ1n) is 10.6. The highest BCUT2D eigenvalue weighted by atomic mass is 32.2. The molecule has 1 aliphatic rings. The summed E-state index contributed by atoms with van der Waals surface area (Å²) in [6.07, 6.45) is 2.91. The monoisotopic (exact) mass is 429 g/mol. The highest BCUT2D eigenvalue weighted by molar-refractivity contribution is 7.89. The molecule has 0 bridgehead atoms. The van der Waals surface area contributed by atoms with Crippen LogP contribution in [0.5, 0.6) is 0 Å². The summed E-state index contributed by atoms with van der Waals surface area (Å²) < 4.78 is 27.0. The minimum absolute atomic E-state index is 0.0803. The van der Waals surface area contributed by atoms with Crippen molar-refractivity contribution in [3.63, 3.8) is 0 Å². The second-order valence-corrected chi connectivity index (χ2v) is 10.0. The number of carbonyl (C=O) groups excluding carboxylic acids is 1. The van der Waals surface area contributed by atoms with Gasteiger partial charge in [-0.3, -0.25) is 0 Å². The molecule has 1 unspecified atom stereocenters. The molecular weight excluding hydrogens is 398 g/mol. The van der Waals surface area contributed by atoms with E-state index in [-0.39, 0.29) is 18.0 Å². The van der Waals surface area contributed by atoms with Crippen LogP contribution in [-0.4, -0.2) is 31.8 Å². The second kappa shape index (κ2) is 10.1. The molecule has 1 atom stereocenters. The van der Waals surface area contributed by atoms with E-state index in [4.69, 9.17) is 0 Å². The van der Waals surface area contributed by atoms with E-state index in [1.54, 1.807) is 28.6 Å². The van der Waals surface area contributed by atoms with Crippen LogP contribution in [0.4, 0.5) is 4.79 Å². The summed E-state index contributed by atoms with van der Waals surface area (Å²) >= 11 is 0. The molecule has 0 aliphatic carbocycles. The van der Waals surface area contributed by atoms with Gasteiger partial charge >= 0.3 is 6.03 Å².